The lowest BCUT2D eigenvalue weighted by molar-refractivity contribution is 0.276. The largest absolute Gasteiger partial charge is 0.331 e. The van der Waals surface area contributed by atoms with Gasteiger partial charge in [-0.1, -0.05) is 0 Å². The van der Waals surface area contributed by atoms with Crippen LogP contribution in [0.5, 0.6) is 0 Å². The summed E-state index contributed by atoms with van der Waals surface area (Å²) in [5.41, 5.74) is 0. The lowest BCUT2D eigenvalue weighted by Crippen LogP contribution is -2.09. The van der Waals surface area contributed by atoms with Crippen LogP contribution >= 0.6 is 30.8 Å². The highest BCUT2D eigenvalue weighted by Gasteiger charge is 2.24. The molecule has 0 heterocycles. The van der Waals surface area contributed by atoms with Gasteiger partial charge in [0, 0.05) is 20.1 Å². The fraction of sp³-hybridized carbons (Fsp3) is 1.00. The third kappa shape index (κ3) is 4.34. The van der Waals surface area contributed by atoms with Crippen LogP contribution in [0, 0.1) is 0 Å². The van der Waals surface area contributed by atoms with Crippen molar-refractivity contribution in [1.29, 1.82) is 0 Å². The Morgan fingerprint density at radius 2 is 1.91 bits per heavy atom. The zero-order chi connectivity index (χ0) is 8.91. The molecule has 0 N–H and O–H groups in total. The molecule has 0 rings (SSSR count). The topological polar surface area (TPSA) is 35.5 Å². The Morgan fingerprint density at radius 1 is 1.45 bits per heavy atom. The monoisotopic (exact) mass is 220 g/mol. The first-order valence-corrected chi connectivity index (χ1v) is 5.68. The Morgan fingerprint density at radius 3 is 2.18 bits per heavy atom. The lowest BCUT2D eigenvalue weighted by Gasteiger charge is -2.14. The second kappa shape index (κ2) is 5.39. The standard InChI is InChI=1S/C5H11Cl2O3P/c1-9-11(8,10-2)4-5(7)3-6/h5H,3-4H2,1-2H3. The van der Waals surface area contributed by atoms with Crippen LogP contribution in [0.15, 0.2) is 0 Å². The Balaban J connectivity index is 3.97. The fourth-order valence-corrected chi connectivity index (χ4v) is 2.34. The van der Waals surface area contributed by atoms with Gasteiger partial charge in [0.05, 0.1) is 11.5 Å². The van der Waals surface area contributed by atoms with Gasteiger partial charge in [-0.3, -0.25) is 4.57 Å². The van der Waals surface area contributed by atoms with Gasteiger partial charge in [0.25, 0.3) is 0 Å². The summed E-state index contributed by atoms with van der Waals surface area (Å²) in [7, 11) is -0.327. The molecule has 3 nitrogen and oxygen atoms in total. The summed E-state index contributed by atoms with van der Waals surface area (Å²) in [6, 6.07) is 0. The van der Waals surface area contributed by atoms with E-state index in [-0.39, 0.29) is 17.4 Å². The second-order valence-corrected chi connectivity index (χ2v) is 5.15. The highest BCUT2D eigenvalue weighted by atomic mass is 35.5. The molecular weight excluding hydrogens is 210 g/mol. The molecule has 11 heavy (non-hydrogen) atoms. The van der Waals surface area contributed by atoms with E-state index in [0.29, 0.717) is 0 Å². The summed E-state index contributed by atoms with van der Waals surface area (Å²) >= 11 is 11.1. The highest BCUT2D eigenvalue weighted by Crippen LogP contribution is 2.47. The summed E-state index contributed by atoms with van der Waals surface area (Å²) in [6.45, 7) is 0. The first-order valence-electron chi connectivity index (χ1n) is 2.98. The van der Waals surface area contributed by atoms with Crippen molar-refractivity contribution in [1.82, 2.24) is 0 Å². The van der Waals surface area contributed by atoms with E-state index in [1.165, 1.54) is 14.2 Å². The fourth-order valence-electron chi connectivity index (χ4n) is 0.515. The minimum Gasteiger partial charge on any atom is -0.312 e. The molecule has 0 aliphatic rings. The van der Waals surface area contributed by atoms with Crippen molar-refractivity contribution in [3.8, 4) is 0 Å². The molecule has 0 fully saturated rings. The summed E-state index contributed by atoms with van der Waals surface area (Å²) in [5, 5.41) is -0.373. The Kier molecular flexibility index (Phi) is 5.75. The molecule has 0 aliphatic heterocycles. The minimum atomic E-state index is -2.97. The molecule has 0 radical (unpaired) electrons. The van der Waals surface area contributed by atoms with E-state index in [1.54, 1.807) is 0 Å². The van der Waals surface area contributed by atoms with Crippen molar-refractivity contribution in [2.24, 2.45) is 0 Å². The second-order valence-electron chi connectivity index (χ2n) is 1.91. The molecule has 0 saturated carbocycles. The van der Waals surface area contributed by atoms with Gasteiger partial charge < -0.3 is 9.05 Å². The van der Waals surface area contributed by atoms with Crippen LogP contribution in [0.25, 0.3) is 0 Å². The van der Waals surface area contributed by atoms with Gasteiger partial charge in [0.1, 0.15) is 0 Å². The van der Waals surface area contributed by atoms with Gasteiger partial charge in [-0.25, -0.2) is 0 Å². The van der Waals surface area contributed by atoms with E-state index in [0.717, 1.165) is 0 Å². The molecule has 0 aromatic heterocycles. The molecule has 0 spiro atoms. The number of hydrogen-bond acceptors (Lipinski definition) is 3. The molecule has 0 bridgehead atoms. The van der Waals surface area contributed by atoms with Gasteiger partial charge in [-0.2, -0.15) is 0 Å². The predicted molar refractivity (Wildman–Crippen MR) is 46.9 cm³/mol. The van der Waals surface area contributed by atoms with Crippen LogP contribution in [-0.4, -0.2) is 31.6 Å². The molecular formula is C5H11Cl2O3P. The first kappa shape index (κ1) is 11.7. The van der Waals surface area contributed by atoms with Crippen molar-refractivity contribution in [2.45, 2.75) is 5.38 Å². The van der Waals surface area contributed by atoms with Crippen molar-refractivity contribution < 1.29 is 13.6 Å². The molecule has 0 aliphatic carbocycles. The third-order valence-electron chi connectivity index (χ3n) is 1.15. The molecule has 0 saturated heterocycles. The number of halogens is 2. The van der Waals surface area contributed by atoms with Crippen LogP contribution < -0.4 is 0 Å². The van der Waals surface area contributed by atoms with Crippen LogP contribution in [0.2, 0.25) is 0 Å². The molecule has 0 aromatic carbocycles. The van der Waals surface area contributed by atoms with Crippen molar-refractivity contribution in [2.75, 3.05) is 26.3 Å². The quantitative estimate of drug-likeness (QED) is 0.527. The molecule has 1 atom stereocenters. The Labute approximate surface area is 76.5 Å². The van der Waals surface area contributed by atoms with Crippen LogP contribution in [0.4, 0.5) is 0 Å². The van der Waals surface area contributed by atoms with Gasteiger partial charge >= 0.3 is 7.60 Å². The Hall–Kier alpha value is 0.730. The van der Waals surface area contributed by atoms with Gasteiger partial charge in [0.2, 0.25) is 0 Å². The maximum Gasteiger partial charge on any atom is 0.331 e. The maximum absolute atomic E-state index is 11.3. The number of alkyl halides is 2. The van der Waals surface area contributed by atoms with E-state index in [9.17, 15) is 4.57 Å². The molecule has 68 valence electrons. The summed E-state index contributed by atoms with van der Waals surface area (Å²) in [6.07, 6.45) is 0.144. The molecule has 0 amide bonds. The van der Waals surface area contributed by atoms with Crippen molar-refractivity contribution >= 4 is 30.8 Å². The number of hydrogen-bond donors (Lipinski definition) is 0. The zero-order valence-electron chi connectivity index (χ0n) is 6.42. The van der Waals surface area contributed by atoms with E-state index >= 15 is 0 Å². The lowest BCUT2D eigenvalue weighted by atomic mass is 10.6. The Bertz CT molecular complexity index is 145. The molecule has 6 heteroatoms. The first-order chi connectivity index (χ1) is 5.08. The van der Waals surface area contributed by atoms with Gasteiger partial charge in [-0.05, 0) is 0 Å². The average molecular weight is 221 g/mol. The van der Waals surface area contributed by atoms with E-state index in [2.05, 4.69) is 9.05 Å². The van der Waals surface area contributed by atoms with Gasteiger partial charge in [-0.15, -0.1) is 23.2 Å². The van der Waals surface area contributed by atoms with Crippen molar-refractivity contribution in [3.63, 3.8) is 0 Å². The van der Waals surface area contributed by atoms with Crippen LogP contribution in [0.3, 0.4) is 0 Å². The predicted octanol–water partition coefficient (Wildman–Crippen LogP) is 2.32. The minimum absolute atomic E-state index is 0.144. The average Bonchev–Trinajstić information content (AvgIpc) is 2.04. The smallest absolute Gasteiger partial charge is 0.312 e. The van der Waals surface area contributed by atoms with Crippen LogP contribution in [0.1, 0.15) is 0 Å². The van der Waals surface area contributed by atoms with E-state index < -0.39 is 7.60 Å². The maximum atomic E-state index is 11.3. The molecule has 0 aromatic rings. The summed E-state index contributed by atoms with van der Waals surface area (Å²) < 4.78 is 20.6. The van der Waals surface area contributed by atoms with Crippen molar-refractivity contribution in [3.05, 3.63) is 0 Å². The van der Waals surface area contributed by atoms with Gasteiger partial charge in [0.15, 0.2) is 0 Å². The highest BCUT2D eigenvalue weighted by molar-refractivity contribution is 7.54. The molecule has 1 unspecified atom stereocenters. The third-order valence-corrected chi connectivity index (χ3v) is 4.20. The normalized spacial score (nSPS) is 14.9. The summed E-state index contributed by atoms with van der Waals surface area (Å²) in [5.74, 6) is 0.234. The summed E-state index contributed by atoms with van der Waals surface area (Å²) in [4.78, 5) is 0. The van der Waals surface area contributed by atoms with E-state index in [1.807, 2.05) is 0 Å². The van der Waals surface area contributed by atoms with E-state index in [4.69, 9.17) is 23.2 Å². The number of rotatable bonds is 5. The SMILES string of the molecule is COP(=O)(CC(Cl)CCl)OC. The van der Waals surface area contributed by atoms with Crippen LogP contribution in [-0.2, 0) is 13.6 Å². The zero-order valence-corrected chi connectivity index (χ0v) is 8.83.